The van der Waals surface area contributed by atoms with Gasteiger partial charge in [0.1, 0.15) is 6.17 Å². The number of nitrogens with one attached hydrogen (secondary N) is 1. The summed E-state index contributed by atoms with van der Waals surface area (Å²) in [7, 11) is 0. The van der Waals surface area contributed by atoms with E-state index in [9.17, 15) is 4.39 Å². The lowest BCUT2D eigenvalue weighted by Crippen LogP contribution is -2.40. The molecule has 1 heterocycles. The fourth-order valence-electron chi connectivity index (χ4n) is 1.15. The number of halogens is 1. The van der Waals surface area contributed by atoms with E-state index in [2.05, 4.69) is 5.32 Å². The van der Waals surface area contributed by atoms with Crippen LogP contribution < -0.4 is 5.32 Å². The van der Waals surface area contributed by atoms with Crippen molar-refractivity contribution in [2.75, 3.05) is 6.54 Å². The van der Waals surface area contributed by atoms with Crippen molar-refractivity contribution in [2.24, 2.45) is 0 Å². The Hall–Kier alpha value is -0.410. The molecule has 0 aliphatic carbocycles. The largest absolute Gasteiger partial charge is 0.309 e. The van der Waals surface area contributed by atoms with Crippen LogP contribution in [0.25, 0.3) is 0 Å². The van der Waals surface area contributed by atoms with Crippen molar-refractivity contribution in [3.8, 4) is 0 Å². The third-order valence-electron chi connectivity index (χ3n) is 1.89. The van der Waals surface area contributed by atoms with Crippen LogP contribution in [0.2, 0.25) is 0 Å². The molecule has 1 N–H and O–H groups in total. The van der Waals surface area contributed by atoms with Crippen LogP contribution in [0, 0.1) is 0 Å². The summed E-state index contributed by atoms with van der Waals surface area (Å²) in [5, 5.41) is 7.15. The van der Waals surface area contributed by atoms with E-state index in [0.717, 1.165) is 5.56 Å². The lowest BCUT2D eigenvalue weighted by atomic mass is 10.1. The van der Waals surface area contributed by atoms with Crippen molar-refractivity contribution in [1.82, 2.24) is 5.32 Å². The zero-order chi connectivity index (χ0) is 10.6. The Kier molecular flexibility index (Phi) is 4.08. The molecule has 0 aliphatic heterocycles. The molecule has 1 aromatic rings. The lowest BCUT2D eigenvalue weighted by Gasteiger charge is -2.21. The third kappa shape index (κ3) is 4.72. The Morgan fingerprint density at radius 1 is 1.50 bits per heavy atom. The first-order valence-corrected chi connectivity index (χ1v) is 5.82. The Bertz CT molecular complexity index is 251. The lowest BCUT2D eigenvalue weighted by molar-refractivity contribution is 0.285. The van der Waals surface area contributed by atoms with E-state index >= 15 is 0 Å². The van der Waals surface area contributed by atoms with E-state index in [0.29, 0.717) is 13.0 Å². The highest BCUT2D eigenvalue weighted by molar-refractivity contribution is 7.07. The van der Waals surface area contributed by atoms with Gasteiger partial charge < -0.3 is 5.32 Å². The predicted molar refractivity (Wildman–Crippen MR) is 60.7 cm³/mol. The molecule has 1 aromatic heterocycles. The summed E-state index contributed by atoms with van der Waals surface area (Å²) in [4.78, 5) is 0. The molecule has 80 valence electrons. The molecular formula is C11H18FNS. The number of thiophene rings is 1. The maximum Gasteiger partial charge on any atom is 0.117 e. The number of hydrogen-bond donors (Lipinski definition) is 1. The van der Waals surface area contributed by atoms with Crippen molar-refractivity contribution in [1.29, 1.82) is 0 Å². The second kappa shape index (κ2) is 4.89. The van der Waals surface area contributed by atoms with Gasteiger partial charge in [-0.25, -0.2) is 4.39 Å². The molecule has 0 aliphatic rings. The maximum absolute atomic E-state index is 13.4. The first-order valence-electron chi connectivity index (χ1n) is 4.87. The van der Waals surface area contributed by atoms with Crippen molar-refractivity contribution < 1.29 is 4.39 Å². The Balaban J connectivity index is 2.26. The molecule has 0 saturated heterocycles. The van der Waals surface area contributed by atoms with Crippen LogP contribution >= 0.6 is 11.3 Å². The van der Waals surface area contributed by atoms with Gasteiger partial charge in [0.05, 0.1) is 0 Å². The number of rotatable bonds is 4. The molecule has 0 amide bonds. The van der Waals surface area contributed by atoms with Crippen LogP contribution in [0.4, 0.5) is 4.39 Å². The Morgan fingerprint density at radius 3 is 2.71 bits per heavy atom. The fourth-order valence-corrected chi connectivity index (χ4v) is 1.84. The zero-order valence-electron chi connectivity index (χ0n) is 9.01. The summed E-state index contributed by atoms with van der Waals surface area (Å²) in [5.41, 5.74) is 1.09. The Labute approximate surface area is 89.3 Å². The van der Waals surface area contributed by atoms with Gasteiger partial charge in [0.25, 0.3) is 0 Å². The minimum absolute atomic E-state index is 0.00101. The smallest absolute Gasteiger partial charge is 0.117 e. The molecule has 3 heteroatoms. The molecule has 0 saturated carbocycles. The van der Waals surface area contributed by atoms with Crippen molar-refractivity contribution in [3.63, 3.8) is 0 Å². The molecular weight excluding hydrogens is 197 g/mol. The predicted octanol–water partition coefficient (Wildman–Crippen LogP) is 3.02. The van der Waals surface area contributed by atoms with E-state index in [4.69, 9.17) is 0 Å². The van der Waals surface area contributed by atoms with Gasteiger partial charge in [0.15, 0.2) is 0 Å². The SMILES string of the molecule is CC(C)(C)NCC(F)Cc1ccsc1. The Morgan fingerprint density at radius 2 is 2.21 bits per heavy atom. The maximum atomic E-state index is 13.4. The highest BCUT2D eigenvalue weighted by Gasteiger charge is 2.13. The molecule has 1 atom stereocenters. The van der Waals surface area contributed by atoms with E-state index in [1.165, 1.54) is 0 Å². The highest BCUT2D eigenvalue weighted by atomic mass is 32.1. The molecule has 0 bridgehead atoms. The van der Waals surface area contributed by atoms with Gasteiger partial charge in [-0.2, -0.15) is 11.3 Å². The summed E-state index contributed by atoms with van der Waals surface area (Å²) in [6.07, 6.45) is -0.268. The van der Waals surface area contributed by atoms with Gasteiger partial charge in [0.2, 0.25) is 0 Å². The molecule has 1 unspecified atom stereocenters. The minimum atomic E-state index is -0.788. The summed E-state index contributed by atoms with van der Waals surface area (Å²) < 4.78 is 13.4. The fraction of sp³-hybridized carbons (Fsp3) is 0.636. The highest BCUT2D eigenvalue weighted by Crippen LogP contribution is 2.10. The average Bonchev–Trinajstić information content (AvgIpc) is 2.52. The van der Waals surface area contributed by atoms with Crippen LogP contribution in [0.3, 0.4) is 0 Å². The van der Waals surface area contributed by atoms with Crippen molar-refractivity contribution in [2.45, 2.75) is 38.9 Å². The van der Waals surface area contributed by atoms with E-state index in [1.54, 1.807) is 11.3 Å². The van der Waals surface area contributed by atoms with Crippen LogP contribution in [0.1, 0.15) is 26.3 Å². The van der Waals surface area contributed by atoms with Gasteiger partial charge in [0, 0.05) is 18.5 Å². The summed E-state index contributed by atoms with van der Waals surface area (Å²) in [6, 6.07) is 1.98. The average molecular weight is 215 g/mol. The second-order valence-corrected chi connectivity index (χ2v) is 5.34. The van der Waals surface area contributed by atoms with Crippen LogP contribution in [-0.4, -0.2) is 18.3 Å². The molecule has 1 nitrogen and oxygen atoms in total. The van der Waals surface area contributed by atoms with Crippen molar-refractivity contribution >= 4 is 11.3 Å². The van der Waals surface area contributed by atoms with Gasteiger partial charge in [-0.1, -0.05) is 0 Å². The summed E-state index contributed by atoms with van der Waals surface area (Å²) in [6.45, 7) is 6.57. The van der Waals surface area contributed by atoms with E-state index in [1.807, 2.05) is 37.6 Å². The van der Waals surface area contributed by atoms with Gasteiger partial charge >= 0.3 is 0 Å². The second-order valence-electron chi connectivity index (χ2n) is 4.56. The molecule has 14 heavy (non-hydrogen) atoms. The van der Waals surface area contributed by atoms with Crippen LogP contribution in [-0.2, 0) is 6.42 Å². The number of alkyl halides is 1. The molecule has 0 fully saturated rings. The monoisotopic (exact) mass is 215 g/mol. The zero-order valence-corrected chi connectivity index (χ0v) is 9.83. The molecule has 0 aromatic carbocycles. The molecule has 0 radical (unpaired) electrons. The van der Waals surface area contributed by atoms with Crippen LogP contribution in [0.15, 0.2) is 16.8 Å². The normalized spacial score (nSPS) is 14.3. The van der Waals surface area contributed by atoms with E-state index < -0.39 is 6.17 Å². The van der Waals surface area contributed by atoms with Gasteiger partial charge in [-0.15, -0.1) is 0 Å². The van der Waals surface area contributed by atoms with Crippen LogP contribution in [0.5, 0.6) is 0 Å². The first kappa shape index (κ1) is 11.7. The number of hydrogen-bond acceptors (Lipinski definition) is 2. The van der Waals surface area contributed by atoms with E-state index in [-0.39, 0.29) is 5.54 Å². The first-order chi connectivity index (χ1) is 6.47. The summed E-state index contributed by atoms with van der Waals surface area (Å²) >= 11 is 1.62. The van der Waals surface area contributed by atoms with Crippen molar-refractivity contribution in [3.05, 3.63) is 22.4 Å². The van der Waals surface area contributed by atoms with Gasteiger partial charge in [-0.3, -0.25) is 0 Å². The minimum Gasteiger partial charge on any atom is -0.309 e. The standard InChI is InChI=1S/C11H18FNS/c1-11(2,3)13-7-10(12)6-9-4-5-14-8-9/h4-5,8,10,13H,6-7H2,1-3H3. The topological polar surface area (TPSA) is 12.0 Å². The summed E-state index contributed by atoms with van der Waals surface area (Å²) in [5.74, 6) is 0. The quantitative estimate of drug-likeness (QED) is 0.814. The molecule has 1 rings (SSSR count). The van der Waals surface area contributed by atoms with Gasteiger partial charge in [-0.05, 0) is 43.2 Å². The third-order valence-corrected chi connectivity index (χ3v) is 2.62. The molecule has 0 spiro atoms.